The maximum atomic E-state index is 11.9. The van der Waals surface area contributed by atoms with E-state index in [2.05, 4.69) is 27.1 Å². The molecular formula is C19H33IN4O2S. The van der Waals surface area contributed by atoms with E-state index in [1.54, 1.807) is 37.4 Å². The largest absolute Gasteiger partial charge is 0.385 e. The highest BCUT2D eigenvalue weighted by atomic mass is 127. The molecule has 0 atom stereocenters. The summed E-state index contributed by atoms with van der Waals surface area (Å²) >= 11 is 1.71. The Morgan fingerprint density at radius 2 is 2.07 bits per heavy atom. The summed E-state index contributed by atoms with van der Waals surface area (Å²) in [6.45, 7) is 2.52. The van der Waals surface area contributed by atoms with Crippen LogP contribution in [0.2, 0.25) is 0 Å². The molecule has 0 spiro atoms. The van der Waals surface area contributed by atoms with Crippen LogP contribution in [0.25, 0.3) is 0 Å². The van der Waals surface area contributed by atoms with Crippen molar-refractivity contribution in [1.82, 2.24) is 15.5 Å². The zero-order chi connectivity index (χ0) is 18.8. The maximum Gasteiger partial charge on any atom is 0.243 e. The molecule has 1 aliphatic rings. The fourth-order valence-corrected chi connectivity index (χ4v) is 3.92. The minimum atomic E-state index is -0.00261. The van der Waals surface area contributed by atoms with E-state index in [0.29, 0.717) is 12.5 Å². The maximum absolute atomic E-state index is 11.9. The van der Waals surface area contributed by atoms with Gasteiger partial charge in [0.1, 0.15) is 6.54 Å². The first-order valence-corrected chi connectivity index (χ1v) is 10.2. The number of likely N-dealkylation sites (N-methyl/N-ethyl adjacent to an activating group) is 1. The average molecular weight is 508 g/mol. The van der Waals surface area contributed by atoms with Gasteiger partial charge in [0.15, 0.2) is 5.96 Å². The minimum Gasteiger partial charge on any atom is -0.385 e. The highest BCUT2D eigenvalue weighted by Crippen LogP contribution is 2.40. The Morgan fingerprint density at radius 3 is 2.67 bits per heavy atom. The number of amides is 1. The number of aliphatic imine (C=N–C) groups is 1. The summed E-state index contributed by atoms with van der Waals surface area (Å²) in [5.74, 6) is 0.703. The van der Waals surface area contributed by atoms with Crippen molar-refractivity contribution in [1.29, 1.82) is 0 Å². The van der Waals surface area contributed by atoms with E-state index in [-0.39, 0.29) is 41.8 Å². The normalized spacial score (nSPS) is 15.9. The predicted molar refractivity (Wildman–Crippen MR) is 123 cm³/mol. The van der Waals surface area contributed by atoms with Gasteiger partial charge in [0.05, 0.1) is 6.54 Å². The van der Waals surface area contributed by atoms with Gasteiger partial charge in [-0.05, 0) is 36.1 Å². The van der Waals surface area contributed by atoms with E-state index < -0.39 is 0 Å². The molecular weight excluding hydrogens is 475 g/mol. The zero-order valence-electron chi connectivity index (χ0n) is 16.6. The molecule has 1 saturated carbocycles. The summed E-state index contributed by atoms with van der Waals surface area (Å²) in [7, 11) is 5.27. The zero-order valence-corrected chi connectivity index (χ0v) is 19.8. The Bertz CT molecular complexity index is 572. The van der Waals surface area contributed by atoms with Crippen molar-refractivity contribution in [3.8, 4) is 0 Å². The van der Waals surface area contributed by atoms with Crippen LogP contribution >= 0.6 is 35.3 Å². The van der Waals surface area contributed by atoms with Gasteiger partial charge >= 0.3 is 0 Å². The number of methoxy groups -OCH3 is 1. The lowest BCUT2D eigenvalue weighted by molar-refractivity contribution is -0.127. The number of nitrogens with one attached hydrogen (secondary N) is 2. The second kappa shape index (κ2) is 12.6. The van der Waals surface area contributed by atoms with Crippen LogP contribution in [0.1, 0.15) is 37.0 Å². The average Bonchev–Trinajstić information content (AvgIpc) is 3.31. The molecule has 0 aliphatic heterocycles. The van der Waals surface area contributed by atoms with Crippen molar-refractivity contribution in [2.45, 2.75) is 38.6 Å². The molecule has 1 aromatic heterocycles. The molecule has 0 bridgehead atoms. The standard InChI is InChI=1S/C19H32N4O2S.HI/c1-23(2)17(24)14-21-18(20-13-16-7-6-12-26-16)22-15-19(10-11-25-3)8-4-5-9-19;/h6-7,12H,4-5,8-11,13-15H2,1-3H3,(H2,20,21,22);1H. The van der Waals surface area contributed by atoms with Gasteiger partial charge in [0, 0.05) is 39.2 Å². The van der Waals surface area contributed by atoms with E-state index in [1.165, 1.54) is 30.6 Å². The number of carbonyl (C=O) groups excluding carboxylic acids is 1. The molecule has 0 radical (unpaired) electrons. The first-order chi connectivity index (χ1) is 12.5. The minimum absolute atomic E-state index is 0. The van der Waals surface area contributed by atoms with Crippen LogP contribution in [-0.2, 0) is 16.1 Å². The van der Waals surface area contributed by atoms with E-state index in [0.717, 1.165) is 19.6 Å². The number of halogens is 1. The van der Waals surface area contributed by atoms with Crippen LogP contribution in [0, 0.1) is 5.41 Å². The second-order valence-corrected chi connectivity index (χ2v) is 8.22. The van der Waals surface area contributed by atoms with Crippen molar-refractivity contribution in [2.75, 3.05) is 40.9 Å². The van der Waals surface area contributed by atoms with Crippen LogP contribution in [-0.4, -0.2) is 57.7 Å². The molecule has 1 fully saturated rings. The van der Waals surface area contributed by atoms with E-state index in [4.69, 9.17) is 4.74 Å². The highest BCUT2D eigenvalue weighted by molar-refractivity contribution is 14.0. The first kappa shape index (κ1) is 24.2. The fraction of sp³-hybridized carbons (Fsp3) is 0.684. The molecule has 0 aromatic carbocycles. The van der Waals surface area contributed by atoms with Gasteiger partial charge in [-0.3, -0.25) is 4.79 Å². The van der Waals surface area contributed by atoms with Crippen molar-refractivity contribution in [2.24, 2.45) is 10.4 Å². The molecule has 1 aromatic rings. The molecule has 0 unspecified atom stereocenters. The number of hydrogen-bond acceptors (Lipinski definition) is 4. The lowest BCUT2D eigenvalue weighted by atomic mass is 9.83. The van der Waals surface area contributed by atoms with Crippen LogP contribution in [0.4, 0.5) is 0 Å². The Balaban J connectivity index is 0.00000364. The van der Waals surface area contributed by atoms with Gasteiger partial charge in [-0.2, -0.15) is 0 Å². The quantitative estimate of drug-likeness (QED) is 0.306. The number of rotatable bonds is 9. The van der Waals surface area contributed by atoms with E-state index in [1.807, 2.05) is 6.07 Å². The van der Waals surface area contributed by atoms with Gasteiger partial charge in [-0.1, -0.05) is 18.9 Å². The molecule has 2 rings (SSSR count). The van der Waals surface area contributed by atoms with Gasteiger partial charge in [-0.15, -0.1) is 35.3 Å². The summed E-state index contributed by atoms with van der Waals surface area (Å²) in [6, 6.07) is 4.14. The molecule has 6 nitrogen and oxygen atoms in total. The Morgan fingerprint density at radius 1 is 1.33 bits per heavy atom. The topological polar surface area (TPSA) is 66.0 Å². The number of nitrogens with zero attached hydrogens (tertiary/aromatic N) is 2. The van der Waals surface area contributed by atoms with Gasteiger partial charge < -0.3 is 20.3 Å². The molecule has 1 heterocycles. The Kier molecular flexibility index (Phi) is 11.2. The third kappa shape index (κ3) is 8.35. The lowest BCUT2D eigenvalue weighted by Gasteiger charge is -2.30. The van der Waals surface area contributed by atoms with Gasteiger partial charge in [-0.25, -0.2) is 4.99 Å². The second-order valence-electron chi connectivity index (χ2n) is 7.19. The molecule has 154 valence electrons. The number of hydrogen-bond donors (Lipinski definition) is 2. The first-order valence-electron chi connectivity index (χ1n) is 9.28. The summed E-state index contributed by atoms with van der Waals surface area (Å²) in [5, 5.41) is 8.91. The Hall–Kier alpha value is -0.870. The summed E-state index contributed by atoms with van der Waals surface area (Å²) in [6.07, 6.45) is 6.06. The SMILES string of the molecule is COCCC1(CNC(=NCC(=O)N(C)C)NCc2cccs2)CCCC1.I. The van der Waals surface area contributed by atoms with E-state index in [9.17, 15) is 4.79 Å². The number of ether oxygens (including phenoxy) is 1. The lowest BCUT2D eigenvalue weighted by Crippen LogP contribution is -2.43. The van der Waals surface area contributed by atoms with Crippen LogP contribution < -0.4 is 10.6 Å². The Labute approximate surface area is 184 Å². The number of thiophene rings is 1. The fourth-order valence-electron chi connectivity index (χ4n) is 3.28. The third-order valence-electron chi connectivity index (χ3n) is 5.01. The van der Waals surface area contributed by atoms with Crippen LogP contribution in [0.5, 0.6) is 0 Å². The molecule has 1 amide bonds. The summed E-state index contributed by atoms with van der Waals surface area (Å²) < 4.78 is 5.31. The summed E-state index contributed by atoms with van der Waals surface area (Å²) in [4.78, 5) is 19.2. The van der Waals surface area contributed by atoms with Crippen molar-refractivity contribution in [3.05, 3.63) is 22.4 Å². The van der Waals surface area contributed by atoms with Crippen molar-refractivity contribution in [3.63, 3.8) is 0 Å². The smallest absolute Gasteiger partial charge is 0.243 e. The predicted octanol–water partition coefficient (Wildman–Crippen LogP) is 3.09. The van der Waals surface area contributed by atoms with Gasteiger partial charge in [0.2, 0.25) is 5.91 Å². The third-order valence-corrected chi connectivity index (χ3v) is 5.89. The van der Waals surface area contributed by atoms with Crippen LogP contribution in [0.3, 0.4) is 0 Å². The van der Waals surface area contributed by atoms with E-state index >= 15 is 0 Å². The molecule has 27 heavy (non-hydrogen) atoms. The monoisotopic (exact) mass is 508 g/mol. The molecule has 8 heteroatoms. The molecule has 0 saturated heterocycles. The van der Waals surface area contributed by atoms with Crippen molar-refractivity contribution < 1.29 is 9.53 Å². The molecule has 2 N–H and O–H groups in total. The van der Waals surface area contributed by atoms with Crippen LogP contribution in [0.15, 0.2) is 22.5 Å². The van der Waals surface area contributed by atoms with Gasteiger partial charge in [0.25, 0.3) is 0 Å². The molecule has 1 aliphatic carbocycles. The van der Waals surface area contributed by atoms with Crippen molar-refractivity contribution >= 4 is 47.2 Å². The summed E-state index contributed by atoms with van der Waals surface area (Å²) in [5.41, 5.74) is 0.271. The highest BCUT2D eigenvalue weighted by Gasteiger charge is 2.33. The number of carbonyl (C=O) groups is 1. The number of guanidine groups is 1.